The second kappa shape index (κ2) is 12.3. The van der Waals surface area contributed by atoms with Crippen LogP contribution in [-0.4, -0.2) is 4.98 Å². The summed E-state index contributed by atoms with van der Waals surface area (Å²) in [6.45, 7) is 18.5. The first-order valence-corrected chi connectivity index (χ1v) is 18.9. The molecule has 0 unspecified atom stereocenters. The summed E-state index contributed by atoms with van der Waals surface area (Å²) in [6.07, 6.45) is 0. The van der Waals surface area contributed by atoms with Crippen LogP contribution in [0.3, 0.4) is 0 Å². The van der Waals surface area contributed by atoms with E-state index in [-0.39, 0.29) is 0 Å². The van der Waals surface area contributed by atoms with E-state index in [1.54, 1.807) is 0 Å². The third kappa shape index (κ3) is 4.98. The maximum Gasteiger partial charge on any atom is 0.0465 e. The minimum atomic E-state index is 1.17. The third-order valence-electron chi connectivity index (χ3n) is 12.7. The van der Waals surface area contributed by atoms with Crippen molar-refractivity contribution >= 4 is 43.4 Å². The molecule has 0 atom stereocenters. The van der Waals surface area contributed by atoms with E-state index in [0.717, 1.165) is 0 Å². The summed E-state index contributed by atoms with van der Waals surface area (Å²) in [7, 11) is 0. The monoisotopic (exact) mass is 683 g/mol. The number of H-pyrrole nitrogens is 1. The van der Waals surface area contributed by atoms with Gasteiger partial charge < -0.3 is 4.98 Å². The summed E-state index contributed by atoms with van der Waals surface area (Å²) < 4.78 is 0. The second-order valence-electron chi connectivity index (χ2n) is 15.2. The number of nitrogens with one attached hydrogen (secondary N) is 1. The largest absolute Gasteiger partial charge is 0.355 e. The average Bonchev–Trinajstić information content (AvgIpc) is 3.58. The van der Waals surface area contributed by atoms with E-state index in [1.165, 1.54) is 132 Å². The van der Waals surface area contributed by atoms with Crippen LogP contribution in [0.4, 0.5) is 0 Å². The third-order valence-corrected chi connectivity index (χ3v) is 12.7. The molecule has 1 heteroatoms. The minimum Gasteiger partial charge on any atom is -0.355 e. The maximum absolute atomic E-state index is 3.55. The number of aromatic amines is 1. The molecule has 0 aliphatic rings. The summed E-state index contributed by atoms with van der Waals surface area (Å²) in [4.78, 5) is 3.55. The zero-order valence-electron chi connectivity index (χ0n) is 32.0. The number of rotatable bonds is 4. The van der Waals surface area contributed by atoms with Crippen LogP contribution in [0.1, 0.15) is 44.5 Å². The molecule has 1 nitrogen and oxygen atoms in total. The lowest BCUT2D eigenvalue weighted by Gasteiger charge is -2.27. The van der Waals surface area contributed by atoms with Crippen molar-refractivity contribution in [2.45, 2.75) is 55.4 Å². The van der Waals surface area contributed by atoms with E-state index >= 15 is 0 Å². The summed E-state index contributed by atoms with van der Waals surface area (Å²) in [5.74, 6) is 0. The first-order valence-electron chi connectivity index (χ1n) is 18.9. The highest BCUT2D eigenvalue weighted by Crippen LogP contribution is 2.50. The highest BCUT2D eigenvalue weighted by Gasteiger charge is 2.25. The molecular formula is C52H45N. The Kier molecular flexibility index (Phi) is 7.68. The Morgan fingerprint density at radius 2 is 0.642 bits per heavy atom. The van der Waals surface area contributed by atoms with Crippen molar-refractivity contribution in [3.8, 4) is 44.5 Å². The topological polar surface area (TPSA) is 15.8 Å². The minimum absolute atomic E-state index is 1.17. The van der Waals surface area contributed by atoms with Gasteiger partial charge in [-0.3, -0.25) is 0 Å². The Labute approximate surface area is 313 Å². The highest BCUT2D eigenvalue weighted by molar-refractivity contribution is 6.25. The number of fused-ring (bicyclic) bond motifs is 5. The predicted octanol–water partition coefficient (Wildman–Crippen LogP) is 14.8. The normalized spacial score (nSPS) is 11.8. The molecule has 0 bridgehead atoms. The van der Waals surface area contributed by atoms with Gasteiger partial charge in [-0.2, -0.15) is 0 Å². The van der Waals surface area contributed by atoms with Crippen molar-refractivity contribution in [3.63, 3.8) is 0 Å². The van der Waals surface area contributed by atoms with Gasteiger partial charge in [0.15, 0.2) is 0 Å². The van der Waals surface area contributed by atoms with Gasteiger partial charge in [-0.25, -0.2) is 0 Å². The van der Waals surface area contributed by atoms with Crippen LogP contribution in [0.15, 0.2) is 121 Å². The summed E-state index contributed by atoms with van der Waals surface area (Å²) in [5.41, 5.74) is 23.6. The molecule has 0 saturated heterocycles. The fraction of sp³-hybridized carbons (Fsp3) is 0.154. The zero-order chi connectivity index (χ0) is 36.7. The van der Waals surface area contributed by atoms with E-state index in [2.05, 4.69) is 182 Å². The quantitative estimate of drug-likeness (QED) is 0.178. The zero-order valence-corrected chi connectivity index (χ0v) is 32.0. The maximum atomic E-state index is 3.55. The molecule has 1 heterocycles. The van der Waals surface area contributed by atoms with Crippen LogP contribution in [0.2, 0.25) is 0 Å². The van der Waals surface area contributed by atoms with Crippen molar-refractivity contribution in [3.05, 3.63) is 166 Å². The predicted molar refractivity (Wildman–Crippen MR) is 230 cm³/mol. The van der Waals surface area contributed by atoms with Crippen LogP contribution < -0.4 is 0 Å². The molecule has 0 aliphatic heterocycles. The van der Waals surface area contributed by atoms with Crippen LogP contribution in [0, 0.1) is 55.4 Å². The van der Waals surface area contributed by atoms with Crippen LogP contribution >= 0.6 is 0 Å². The number of aryl methyl sites for hydroxylation is 4. The van der Waals surface area contributed by atoms with Gasteiger partial charge in [0.1, 0.15) is 0 Å². The van der Waals surface area contributed by atoms with Crippen molar-refractivity contribution in [1.29, 1.82) is 0 Å². The Balaban J connectivity index is 1.22. The van der Waals surface area contributed by atoms with Gasteiger partial charge in [-0.1, -0.05) is 103 Å². The molecule has 1 N–H and O–H groups in total. The molecule has 53 heavy (non-hydrogen) atoms. The van der Waals surface area contributed by atoms with Gasteiger partial charge in [-0.15, -0.1) is 0 Å². The lowest BCUT2D eigenvalue weighted by atomic mass is 9.76. The van der Waals surface area contributed by atoms with Gasteiger partial charge >= 0.3 is 0 Å². The molecular weight excluding hydrogens is 639 g/mol. The van der Waals surface area contributed by atoms with Crippen molar-refractivity contribution in [1.82, 2.24) is 4.98 Å². The number of hydrogen-bond donors (Lipinski definition) is 1. The molecule has 1 aromatic heterocycles. The van der Waals surface area contributed by atoms with E-state index in [9.17, 15) is 0 Å². The number of para-hydroxylation sites is 1. The Bertz CT molecular complexity index is 2840. The fourth-order valence-electron chi connectivity index (χ4n) is 9.02. The summed E-state index contributed by atoms with van der Waals surface area (Å²) in [6, 6.07) is 44.8. The van der Waals surface area contributed by atoms with E-state index < -0.39 is 0 Å². The standard InChI is InChI=1S/C52H45N/c1-29-31(3)35(7)49-47(33(29)5)51(40-14-10-9-11-15-40)48-34(6)30(2)32(4)36(8)50(48)52(49)41-24-22-38(23-25-41)37-18-20-39(21-19-37)42-26-27-46-44(28-42)43-16-12-13-17-45(43)53-46/h9-28,53H,1-8H3. The SMILES string of the molecule is Cc1c(C)c(C)c2c(-c3ccc(-c4ccc(-c5ccc6[nH]c7ccccc7c6c5)cc4)cc3)c3c(C)c(C)c(C)c(C)c3c(-c3ccccc3)c2c1C. The smallest absolute Gasteiger partial charge is 0.0465 e. The Morgan fingerprint density at radius 1 is 0.283 bits per heavy atom. The van der Waals surface area contributed by atoms with E-state index in [0.29, 0.717) is 0 Å². The first-order chi connectivity index (χ1) is 25.6. The number of aromatic nitrogens is 1. The lowest BCUT2D eigenvalue weighted by molar-refractivity contribution is 1.24. The van der Waals surface area contributed by atoms with Gasteiger partial charge in [-0.05, 0) is 184 Å². The van der Waals surface area contributed by atoms with Crippen molar-refractivity contribution in [2.24, 2.45) is 0 Å². The molecule has 0 radical (unpaired) electrons. The molecule has 9 aromatic rings. The number of benzene rings is 8. The summed E-state index contributed by atoms with van der Waals surface area (Å²) in [5, 5.41) is 8.06. The van der Waals surface area contributed by atoms with E-state index in [1.807, 2.05) is 0 Å². The molecule has 258 valence electrons. The molecule has 0 saturated carbocycles. The Morgan fingerprint density at radius 3 is 1.13 bits per heavy atom. The van der Waals surface area contributed by atoms with Gasteiger partial charge in [0.05, 0.1) is 0 Å². The average molecular weight is 684 g/mol. The van der Waals surface area contributed by atoms with Crippen molar-refractivity contribution in [2.75, 3.05) is 0 Å². The molecule has 0 spiro atoms. The van der Waals surface area contributed by atoms with Crippen molar-refractivity contribution < 1.29 is 0 Å². The number of hydrogen-bond acceptors (Lipinski definition) is 0. The van der Waals surface area contributed by atoms with Crippen LogP contribution in [0.25, 0.3) is 87.9 Å². The van der Waals surface area contributed by atoms with Gasteiger partial charge in [0.25, 0.3) is 0 Å². The molecule has 0 aliphatic carbocycles. The van der Waals surface area contributed by atoms with Crippen LogP contribution in [-0.2, 0) is 0 Å². The van der Waals surface area contributed by atoms with Gasteiger partial charge in [0, 0.05) is 21.8 Å². The molecule has 9 rings (SSSR count). The molecule has 0 amide bonds. The highest BCUT2D eigenvalue weighted by atomic mass is 14.7. The second-order valence-corrected chi connectivity index (χ2v) is 15.2. The van der Waals surface area contributed by atoms with Gasteiger partial charge in [0.2, 0.25) is 0 Å². The Hall–Kier alpha value is -5.92. The molecule has 8 aromatic carbocycles. The van der Waals surface area contributed by atoms with E-state index in [4.69, 9.17) is 0 Å². The summed E-state index contributed by atoms with van der Waals surface area (Å²) >= 11 is 0. The first kappa shape index (κ1) is 33.0. The molecule has 0 fully saturated rings. The lowest BCUT2D eigenvalue weighted by Crippen LogP contribution is -2.03. The van der Waals surface area contributed by atoms with Crippen LogP contribution in [0.5, 0.6) is 0 Å². The fourth-order valence-corrected chi connectivity index (χ4v) is 9.02.